The molecule has 0 bridgehead atoms. The van der Waals surface area contributed by atoms with Crippen LogP contribution < -0.4 is 15.5 Å². The van der Waals surface area contributed by atoms with Gasteiger partial charge in [-0.1, -0.05) is 12.1 Å². The van der Waals surface area contributed by atoms with E-state index in [2.05, 4.69) is 15.5 Å². The fraction of sp³-hybridized carbons (Fsp3) is 0.417. The molecule has 7 nitrogen and oxygen atoms in total. The van der Waals surface area contributed by atoms with E-state index in [1.54, 1.807) is 18.9 Å². The summed E-state index contributed by atoms with van der Waals surface area (Å²) in [5.74, 6) is -0.299. The SMILES string of the molecule is Cc1ccc(C)c(NC(=O)CN(C)[C@H](C)C(=O)Nc2ccc(N3CCOCC3)cc2)c1. The number of nitrogens with one attached hydrogen (secondary N) is 2. The van der Waals surface area contributed by atoms with Gasteiger partial charge >= 0.3 is 0 Å². The molecule has 2 N–H and O–H groups in total. The second kappa shape index (κ2) is 10.4. The van der Waals surface area contributed by atoms with Crippen LogP contribution in [0.5, 0.6) is 0 Å². The molecule has 0 unspecified atom stereocenters. The highest BCUT2D eigenvalue weighted by atomic mass is 16.5. The molecule has 2 aromatic rings. The minimum atomic E-state index is -0.455. The maximum atomic E-state index is 12.7. The van der Waals surface area contributed by atoms with E-state index in [1.165, 1.54) is 0 Å². The van der Waals surface area contributed by atoms with Crippen LogP contribution in [0.4, 0.5) is 17.1 Å². The average molecular weight is 425 g/mol. The van der Waals surface area contributed by atoms with Gasteiger partial charge in [0.25, 0.3) is 0 Å². The Balaban J connectivity index is 1.51. The van der Waals surface area contributed by atoms with Crippen molar-refractivity contribution in [3.05, 3.63) is 53.6 Å². The smallest absolute Gasteiger partial charge is 0.241 e. The fourth-order valence-electron chi connectivity index (χ4n) is 3.45. The lowest BCUT2D eigenvalue weighted by molar-refractivity contribution is -0.122. The summed E-state index contributed by atoms with van der Waals surface area (Å²) in [6.45, 7) is 9.08. The summed E-state index contributed by atoms with van der Waals surface area (Å²) in [7, 11) is 1.77. The summed E-state index contributed by atoms with van der Waals surface area (Å²) in [5.41, 5.74) is 4.75. The number of anilines is 3. The van der Waals surface area contributed by atoms with Crippen molar-refractivity contribution in [1.82, 2.24) is 4.90 Å². The molecule has 3 rings (SSSR count). The van der Waals surface area contributed by atoms with Crippen molar-refractivity contribution in [2.45, 2.75) is 26.8 Å². The van der Waals surface area contributed by atoms with Crippen molar-refractivity contribution in [2.75, 3.05) is 55.4 Å². The number of amides is 2. The number of hydrogen-bond donors (Lipinski definition) is 2. The van der Waals surface area contributed by atoms with E-state index in [4.69, 9.17) is 4.74 Å². The Kier molecular flexibility index (Phi) is 7.65. The first-order valence-electron chi connectivity index (χ1n) is 10.6. The van der Waals surface area contributed by atoms with Gasteiger partial charge in [0.1, 0.15) is 0 Å². The van der Waals surface area contributed by atoms with E-state index in [-0.39, 0.29) is 18.4 Å². The molecule has 1 atom stereocenters. The zero-order valence-electron chi connectivity index (χ0n) is 18.8. The molecule has 0 aliphatic carbocycles. The third kappa shape index (κ3) is 6.29. The maximum absolute atomic E-state index is 12.7. The van der Waals surface area contributed by atoms with Crippen LogP contribution in [0.3, 0.4) is 0 Å². The second-order valence-corrected chi connectivity index (χ2v) is 8.09. The number of morpholine rings is 1. The number of hydrogen-bond acceptors (Lipinski definition) is 5. The lowest BCUT2D eigenvalue weighted by Gasteiger charge is -2.29. The van der Waals surface area contributed by atoms with Crippen LogP contribution in [-0.4, -0.2) is 62.7 Å². The van der Waals surface area contributed by atoms with Crippen LogP contribution in [0, 0.1) is 13.8 Å². The first-order chi connectivity index (χ1) is 14.8. The quantitative estimate of drug-likeness (QED) is 0.715. The van der Waals surface area contributed by atoms with Crippen molar-refractivity contribution >= 4 is 28.9 Å². The molecule has 1 heterocycles. The third-order valence-electron chi connectivity index (χ3n) is 5.61. The Bertz CT molecular complexity index is 908. The highest BCUT2D eigenvalue weighted by Gasteiger charge is 2.21. The van der Waals surface area contributed by atoms with E-state index in [1.807, 2.05) is 56.3 Å². The van der Waals surface area contributed by atoms with Crippen molar-refractivity contribution in [2.24, 2.45) is 0 Å². The molecule has 2 aromatic carbocycles. The van der Waals surface area contributed by atoms with E-state index < -0.39 is 6.04 Å². The number of likely N-dealkylation sites (N-methyl/N-ethyl adjacent to an activating group) is 1. The van der Waals surface area contributed by atoms with Gasteiger partial charge in [-0.3, -0.25) is 14.5 Å². The molecule has 1 fully saturated rings. The largest absolute Gasteiger partial charge is 0.378 e. The van der Waals surface area contributed by atoms with Gasteiger partial charge in [-0.05, 0) is 69.3 Å². The Morgan fingerprint density at radius 2 is 1.74 bits per heavy atom. The number of carbonyl (C=O) groups excluding carboxylic acids is 2. The lowest BCUT2D eigenvalue weighted by atomic mass is 10.1. The van der Waals surface area contributed by atoms with Gasteiger partial charge < -0.3 is 20.3 Å². The summed E-state index contributed by atoms with van der Waals surface area (Å²) in [6, 6.07) is 13.3. The lowest BCUT2D eigenvalue weighted by Crippen LogP contribution is -2.43. The normalized spacial score (nSPS) is 14.9. The van der Waals surface area contributed by atoms with Gasteiger partial charge in [0.05, 0.1) is 25.8 Å². The summed E-state index contributed by atoms with van der Waals surface area (Å²) in [6.07, 6.45) is 0. The van der Waals surface area contributed by atoms with Gasteiger partial charge in [0, 0.05) is 30.2 Å². The van der Waals surface area contributed by atoms with Crippen molar-refractivity contribution in [1.29, 1.82) is 0 Å². The van der Waals surface area contributed by atoms with Crippen LogP contribution in [0.2, 0.25) is 0 Å². The predicted octanol–water partition coefficient (Wildman–Crippen LogP) is 3.04. The van der Waals surface area contributed by atoms with Crippen LogP contribution in [0.15, 0.2) is 42.5 Å². The number of carbonyl (C=O) groups is 2. The van der Waals surface area contributed by atoms with Gasteiger partial charge in [-0.15, -0.1) is 0 Å². The van der Waals surface area contributed by atoms with E-state index in [0.717, 1.165) is 54.5 Å². The maximum Gasteiger partial charge on any atom is 0.241 e. The van der Waals surface area contributed by atoms with Crippen molar-refractivity contribution < 1.29 is 14.3 Å². The highest BCUT2D eigenvalue weighted by Crippen LogP contribution is 2.20. The molecule has 0 aromatic heterocycles. The van der Waals surface area contributed by atoms with Gasteiger partial charge in [-0.2, -0.15) is 0 Å². The summed E-state index contributed by atoms with van der Waals surface area (Å²) in [4.78, 5) is 29.1. The highest BCUT2D eigenvalue weighted by molar-refractivity contribution is 5.96. The number of benzene rings is 2. The van der Waals surface area contributed by atoms with Crippen molar-refractivity contribution in [3.8, 4) is 0 Å². The minimum absolute atomic E-state index is 0.123. The molecular weight excluding hydrogens is 392 g/mol. The molecule has 0 saturated carbocycles. The average Bonchev–Trinajstić information content (AvgIpc) is 2.76. The molecule has 166 valence electrons. The predicted molar refractivity (Wildman–Crippen MR) is 125 cm³/mol. The zero-order chi connectivity index (χ0) is 22.4. The first-order valence-corrected chi connectivity index (χ1v) is 10.6. The van der Waals surface area contributed by atoms with Crippen LogP contribution >= 0.6 is 0 Å². The number of aryl methyl sites for hydroxylation is 2. The first kappa shape index (κ1) is 22.8. The van der Waals surface area contributed by atoms with Gasteiger partial charge in [0.15, 0.2) is 0 Å². The second-order valence-electron chi connectivity index (χ2n) is 8.09. The van der Waals surface area contributed by atoms with E-state index in [9.17, 15) is 9.59 Å². The molecule has 1 saturated heterocycles. The number of nitrogens with zero attached hydrogens (tertiary/aromatic N) is 2. The monoisotopic (exact) mass is 424 g/mol. The van der Waals surface area contributed by atoms with Crippen LogP contribution in [0.25, 0.3) is 0 Å². The van der Waals surface area contributed by atoms with Crippen LogP contribution in [0.1, 0.15) is 18.1 Å². The Morgan fingerprint density at radius 1 is 1.06 bits per heavy atom. The summed E-state index contributed by atoms with van der Waals surface area (Å²) in [5, 5.41) is 5.87. The Morgan fingerprint density at radius 3 is 2.42 bits per heavy atom. The Labute approximate surface area is 184 Å². The molecule has 2 amide bonds. The summed E-state index contributed by atoms with van der Waals surface area (Å²) >= 11 is 0. The molecule has 31 heavy (non-hydrogen) atoms. The molecule has 1 aliphatic heterocycles. The van der Waals surface area contributed by atoms with Crippen LogP contribution in [-0.2, 0) is 14.3 Å². The fourth-order valence-corrected chi connectivity index (χ4v) is 3.45. The topological polar surface area (TPSA) is 73.9 Å². The van der Waals surface area contributed by atoms with E-state index in [0.29, 0.717) is 0 Å². The standard InChI is InChI=1S/C24H32N4O3/c1-17-5-6-18(2)22(15-17)26-23(29)16-27(4)19(3)24(30)25-20-7-9-21(10-8-20)28-11-13-31-14-12-28/h5-10,15,19H,11-14,16H2,1-4H3,(H,25,30)(H,26,29)/t19-/m1/s1. The number of rotatable bonds is 7. The molecule has 7 heteroatoms. The van der Waals surface area contributed by atoms with Gasteiger partial charge in [-0.25, -0.2) is 0 Å². The molecule has 0 radical (unpaired) electrons. The molecule has 1 aliphatic rings. The van der Waals surface area contributed by atoms with Gasteiger partial charge in [0.2, 0.25) is 11.8 Å². The summed E-state index contributed by atoms with van der Waals surface area (Å²) < 4.78 is 5.39. The molecular formula is C24H32N4O3. The third-order valence-corrected chi connectivity index (χ3v) is 5.61. The number of ether oxygens (including phenoxy) is 1. The Hall–Kier alpha value is -2.90. The molecule has 0 spiro atoms. The zero-order valence-corrected chi connectivity index (χ0v) is 18.8. The van der Waals surface area contributed by atoms with E-state index >= 15 is 0 Å². The van der Waals surface area contributed by atoms with Crippen molar-refractivity contribution in [3.63, 3.8) is 0 Å². The minimum Gasteiger partial charge on any atom is -0.378 e.